The molecule has 2 N–H and O–H groups in total. The SMILES string of the molecule is O=C(O)C1CCCCCN1C(=O)C1COCCN1. The number of nitrogens with zero attached hydrogens (tertiary/aromatic N) is 1. The van der Waals surface area contributed by atoms with E-state index in [1.807, 2.05) is 0 Å². The third-order valence-corrected chi connectivity index (χ3v) is 3.54. The summed E-state index contributed by atoms with van der Waals surface area (Å²) in [6.07, 6.45) is 3.29. The van der Waals surface area contributed by atoms with Crippen LogP contribution < -0.4 is 5.32 Å². The molecule has 0 bridgehead atoms. The first-order valence-corrected chi connectivity index (χ1v) is 6.54. The Morgan fingerprint density at radius 3 is 2.78 bits per heavy atom. The number of carbonyl (C=O) groups is 2. The fourth-order valence-electron chi connectivity index (χ4n) is 2.55. The van der Waals surface area contributed by atoms with Crippen LogP contribution in [0.5, 0.6) is 0 Å². The van der Waals surface area contributed by atoms with E-state index in [9.17, 15) is 14.7 Å². The summed E-state index contributed by atoms with van der Waals surface area (Å²) in [5, 5.41) is 12.3. The zero-order valence-electron chi connectivity index (χ0n) is 10.4. The summed E-state index contributed by atoms with van der Waals surface area (Å²) in [7, 11) is 0. The molecule has 18 heavy (non-hydrogen) atoms. The van der Waals surface area contributed by atoms with Gasteiger partial charge in [-0.3, -0.25) is 4.79 Å². The predicted molar refractivity (Wildman–Crippen MR) is 64.2 cm³/mol. The molecule has 2 aliphatic heterocycles. The average Bonchev–Trinajstić information content (AvgIpc) is 2.64. The van der Waals surface area contributed by atoms with E-state index < -0.39 is 18.1 Å². The van der Waals surface area contributed by atoms with Gasteiger partial charge in [-0.05, 0) is 12.8 Å². The third-order valence-electron chi connectivity index (χ3n) is 3.54. The van der Waals surface area contributed by atoms with Crippen LogP contribution in [0.2, 0.25) is 0 Å². The number of morpholine rings is 1. The number of likely N-dealkylation sites (tertiary alicyclic amines) is 1. The van der Waals surface area contributed by atoms with E-state index in [0.29, 0.717) is 32.7 Å². The Morgan fingerprint density at radius 2 is 2.11 bits per heavy atom. The highest BCUT2D eigenvalue weighted by Gasteiger charge is 2.34. The van der Waals surface area contributed by atoms with E-state index in [1.165, 1.54) is 4.90 Å². The summed E-state index contributed by atoms with van der Waals surface area (Å²) in [6, 6.07) is -1.07. The Kier molecular flexibility index (Phi) is 4.54. The van der Waals surface area contributed by atoms with Gasteiger partial charge in [0, 0.05) is 13.1 Å². The monoisotopic (exact) mass is 256 g/mol. The van der Waals surface area contributed by atoms with Crippen molar-refractivity contribution >= 4 is 11.9 Å². The number of nitrogens with one attached hydrogen (secondary N) is 1. The van der Waals surface area contributed by atoms with Crippen LogP contribution in [-0.2, 0) is 14.3 Å². The number of hydrogen-bond donors (Lipinski definition) is 2. The largest absolute Gasteiger partial charge is 0.480 e. The molecule has 6 nitrogen and oxygen atoms in total. The van der Waals surface area contributed by atoms with Crippen LogP contribution in [0.4, 0.5) is 0 Å². The van der Waals surface area contributed by atoms with Gasteiger partial charge in [0.15, 0.2) is 0 Å². The van der Waals surface area contributed by atoms with Gasteiger partial charge in [-0.2, -0.15) is 0 Å². The molecule has 0 aliphatic carbocycles. The maximum atomic E-state index is 12.3. The fourth-order valence-corrected chi connectivity index (χ4v) is 2.55. The quantitative estimate of drug-likeness (QED) is 0.717. The van der Waals surface area contributed by atoms with Crippen LogP contribution in [0.25, 0.3) is 0 Å². The number of carboxylic acids is 1. The smallest absolute Gasteiger partial charge is 0.326 e. The van der Waals surface area contributed by atoms with Crippen LogP contribution in [0.15, 0.2) is 0 Å². The second-order valence-corrected chi connectivity index (χ2v) is 4.82. The molecule has 2 fully saturated rings. The second-order valence-electron chi connectivity index (χ2n) is 4.82. The molecule has 2 saturated heterocycles. The van der Waals surface area contributed by atoms with E-state index in [1.54, 1.807) is 0 Å². The van der Waals surface area contributed by atoms with E-state index in [2.05, 4.69) is 5.32 Å². The highest BCUT2D eigenvalue weighted by atomic mass is 16.5. The van der Waals surface area contributed by atoms with Gasteiger partial charge in [-0.25, -0.2) is 4.79 Å². The van der Waals surface area contributed by atoms with Crippen LogP contribution in [0, 0.1) is 0 Å². The third kappa shape index (κ3) is 3.00. The number of aliphatic carboxylic acids is 1. The summed E-state index contributed by atoms with van der Waals surface area (Å²) in [6.45, 7) is 2.11. The number of carbonyl (C=O) groups excluding carboxylic acids is 1. The van der Waals surface area contributed by atoms with Gasteiger partial charge in [-0.1, -0.05) is 12.8 Å². The van der Waals surface area contributed by atoms with Gasteiger partial charge in [-0.15, -0.1) is 0 Å². The van der Waals surface area contributed by atoms with Crippen molar-refractivity contribution in [2.24, 2.45) is 0 Å². The molecule has 2 unspecified atom stereocenters. The summed E-state index contributed by atoms with van der Waals surface area (Å²) in [5.41, 5.74) is 0. The topological polar surface area (TPSA) is 78.9 Å². The van der Waals surface area contributed by atoms with Crippen LogP contribution >= 0.6 is 0 Å². The molecule has 1 amide bonds. The fraction of sp³-hybridized carbons (Fsp3) is 0.833. The number of rotatable bonds is 2. The second kappa shape index (κ2) is 6.15. The molecule has 2 atom stereocenters. The van der Waals surface area contributed by atoms with Gasteiger partial charge >= 0.3 is 5.97 Å². The minimum Gasteiger partial charge on any atom is -0.480 e. The van der Waals surface area contributed by atoms with Crippen molar-refractivity contribution in [1.29, 1.82) is 0 Å². The maximum Gasteiger partial charge on any atom is 0.326 e. The first kappa shape index (κ1) is 13.3. The molecule has 0 saturated carbocycles. The molecule has 0 radical (unpaired) electrons. The highest BCUT2D eigenvalue weighted by Crippen LogP contribution is 2.18. The average molecular weight is 256 g/mol. The lowest BCUT2D eigenvalue weighted by molar-refractivity contribution is -0.152. The van der Waals surface area contributed by atoms with Gasteiger partial charge in [0.1, 0.15) is 12.1 Å². The summed E-state index contributed by atoms with van der Waals surface area (Å²) >= 11 is 0. The number of amides is 1. The number of carboxylic acid groups (broad SMARTS) is 1. The molecule has 102 valence electrons. The lowest BCUT2D eigenvalue weighted by atomic mass is 10.1. The summed E-state index contributed by atoms with van der Waals surface area (Å²) in [4.78, 5) is 25.1. The molecular formula is C12H20N2O4. The molecule has 2 rings (SSSR count). The van der Waals surface area contributed by atoms with Crippen LogP contribution in [0.1, 0.15) is 25.7 Å². The maximum absolute atomic E-state index is 12.3. The molecule has 0 spiro atoms. The standard InChI is InChI=1S/C12H20N2O4/c15-11(9-8-18-7-5-13-9)14-6-3-1-2-4-10(14)12(16)17/h9-10,13H,1-8H2,(H,16,17). The van der Waals surface area contributed by atoms with Crippen molar-refractivity contribution in [1.82, 2.24) is 10.2 Å². The summed E-state index contributed by atoms with van der Waals surface area (Å²) in [5.74, 6) is -1.04. The van der Waals surface area contributed by atoms with Crippen LogP contribution in [0.3, 0.4) is 0 Å². The van der Waals surface area contributed by atoms with E-state index in [-0.39, 0.29) is 5.91 Å². The molecule has 0 aromatic rings. The van der Waals surface area contributed by atoms with Crippen molar-refractivity contribution in [3.8, 4) is 0 Å². The summed E-state index contributed by atoms with van der Waals surface area (Å²) < 4.78 is 5.26. The first-order chi connectivity index (χ1) is 8.70. The molecule has 2 aliphatic rings. The minimum atomic E-state index is -0.901. The lowest BCUT2D eigenvalue weighted by Crippen LogP contribution is -2.56. The minimum absolute atomic E-state index is 0.135. The molecule has 0 aromatic carbocycles. The highest BCUT2D eigenvalue weighted by molar-refractivity contribution is 5.87. The molecule has 6 heteroatoms. The zero-order chi connectivity index (χ0) is 13.0. The lowest BCUT2D eigenvalue weighted by Gasteiger charge is -2.32. The van der Waals surface area contributed by atoms with Gasteiger partial charge < -0.3 is 20.1 Å². The normalized spacial score (nSPS) is 29.7. The van der Waals surface area contributed by atoms with E-state index in [4.69, 9.17) is 4.74 Å². The van der Waals surface area contributed by atoms with Crippen molar-refractivity contribution < 1.29 is 19.4 Å². The Morgan fingerprint density at radius 1 is 1.28 bits per heavy atom. The number of ether oxygens (including phenoxy) is 1. The Bertz CT molecular complexity index is 315. The Hall–Kier alpha value is -1.14. The predicted octanol–water partition coefficient (Wildman–Crippen LogP) is -0.169. The van der Waals surface area contributed by atoms with E-state index in [0.717, 1.165) is 19.3 Å². The van der Waals surface area contributed by atoms with Gasteiger partial charge in [0.25, 0.3) is 0 Å². The van der Waals surface area contributed by atoms with E-state index >= 15 is 0 Å². The number of hydrogen-bond acceptors (Lipinski definition) is 4. The van der Waals surface area contributed by atoms with Gasteiger partial charge in [0.05, 0.1) is 13.2 Å². The molecule has 2 heterocycles. The van der Waals surface area contributed by atoms with Crippen molar-refractivity contribution in [3.63, 3.8) is 0 Å². The van der Waals surface area contributed by atoms with Crippen molar-refractivity contribution in [3.05, 3.63) is 0 Å². The van der Waals surface area contributed by atoms with Crippen molar-refractivity contribution in [2.45, 2.75) is 37.8 Å². The molecule has 0 aromatic heterocycles. The first-order valence-electron chi connectivity index (χ1n) is 6.54. The van der Waals surface area contributed by atoms with Crippen LogP contribution in [-0.4, -0.2) is 60.3 Å². The molecular weight excluding hydrogens is 236 g/mol. The zero-order valence-corrected chi connectivity index (χ0v) is 10.4. The van der Waals surface area contributed by atoms with Gasteiger partial charge in [0.2, 0.25) is 5.91 Å². The van der Waals surface area contributed by atoms with Crippen molar-refractivity contribution in [2.75, 3.05) is 26.3 Å². The Labute approximate surface area is 106 Å². The Balaban J connectivity index is 2.06.